The number of hydrogen-bond acceptors (Lipinski definition) is 6. The molecule has 1 saturated carbocycles. The summed E-state index contributed by atoms with van der Waals surface area (Å²) in [5, 5.41) is 15.5. The quantitative estimate of drug-likeness (QED) is 0.528. The molecule has 2 saturated heterocycles. The highest BCUT2D eigenvalue weighted by Crippen LogP contribution is 2.55. The highest BCUT2D eigenvalue weighted by atomic mass is 35.5. The Morgan fingerprint density at radius 1 is 1.07 bits per heavy atom. The zero-order valence-corrected chi connectivity index (χ0v) is 23.6. The van der Waals surface area contributed by atoms with E-state index in [0.29, 0.717) is 35.7 Å². The van der Waals surface area contributed by atoms with E-state index in [0.717, 1.165) is 62.0 Å². The van der Waals surface area contributed by atoms with Crippen LogP contribution in [0.25, 0.3) is 0 Å². The molecule has 212 valence electrons. The van der Waals surface area contributed by atoms with E-state index in [-0.39, 0.29) is 23.7 Å². The van der Waals surface area contributed by atoms with Gasteiger partial charge in [0.15, 0.2) is 0 Å². The van der Waals surface area contributed by atoms with Crippen molar-refractivity contribution in [2.45, 2.75) is 76.1 Å². The smallest absolute Gasteiger partial charge is 0.255 e. The van der Waals surface area contributed by atoms with Crippen LogP contribution in [-0.4, -0.2) is 58.9 Å². The third kappa shape index (κ3) is 4.60. The van der Waals surface area contributed by atoms with Gasteiger partial charge in [-0.1, -0.05) is 49.1 Å². The fraction of sp³-hybridized carbons (Fsp3) is 0.516. The molecular weight excluding hydrogens is 530 g/mol. The number of methoxy groups -OCH3 is 1. The number of piperidine rings is 2. The summed E-state index contributed by atoms with van der Waals surface area (Å²) >= 11 is 6.40. The van der Waals surface area contributed by atoms with Gasteiger partial charge in [0, 0.05) is 43.6 Å². The number of fused-ring (bicyclic) bond motifs is 1. The van der Waals surface area contributed by atoms with Gasteiger partial charge in [0.2, 0.25) is 11.8 Å². The van der Waals surface area contributed by atoms with Crippen LogP contribution in [0.1, 0.15) is 78.4 Å². The molecule has 3 aliphatic heterocycles. The summed E-state index contributed by atoms with van der Waals surface area (Å²) in [6.07, 6.45) is 6.38. The van der Waals surface area contributed by atoms with Crippen molar-refractivity contribution in [2.24, 2.45) is 5.41 Å². The van der Waals surface area contributed by atoms with E-state index in [1.807, 2.05) is 36.4 Å². The second kappa shape index (κ2) is 10.5. The number of halogens is 1. The lowest BCUT2D eigenvalue weighted by atomic mass is 9.57. The monoisotopic (exact) mass is 565 g/mol. The SMILES string of the molecule is COc1ccc(CN2CCC(O)(c3ccc4c(c3)CN(C3CCC(=O)NC3=O)C4=O)C3(CCCCC3)C2)cc1Cl. The minimum Gasteiger partial charge on any atom is -0.495 e. The summed E-state index contributed by atoms with van der Waals surface area (Å²) in [6.45, 7) is 2.58. The van der Waals surface area contributed by atoms with Crippen LogP contribution >= 0.6 is 11.6 Å². The number of ether oxygens (including phenoxy) is 1. The standard InChI is InChI=1S/C31H36ClN3O5/c1-40-26-9-5-20(15-24(26)32)17-34-14-13-31(39,30(19-34)11-3-2-4-12-30)22-6-7-23-21(16-22)18-35(29(23)38)25-8-10-27(36)33-28(25)37/h5-7,9,15-16,25,39H,2-4,8,10-14,17-19H2,1H3,(H,33,36,37). The molecule has 40 heavy (non-hydrogen) atoms. The van der Waals surface area contributed by atoms with Gasteiger partial charge in [0.1, 0.15) is 11.8 Å². The van der Waals surface area contributed by atoms with Crippen LogP contribution in [0.2, 0.25) is 5.02 Å². The van der Waals surface area contributed by atoms with Crippen molar-refractivity contribution in [2.75, 3.05) is 20.2 Å². The summed E-state index contributed by atoms with van der Waals surface area (Å²) in [5.74, 6) is -0.242. The molecule has 0 aromatic heterocycles. The Balaban J connectivity index is 1.25. The van der Waals surface area contributed by atoms with E-state index in [2.05, 4.69) is 10.2 Å². The molecule has 0 radical (unpaired) electrons. The zero-order chi connectivity index (χ0) is 28.1. The predicted molar refractivity (Wildman–Crippen MR) is 150 cm³/mol. The number of nitrogens with one attached hydrogen (secondary N) is 1. The van der Waals surface area contributed by atoms with Gasteiger partial charge in [0.25, 0.3) is 5.91 Å². The minimum absolute atomic E-state index is 0.191. The van der Waals surface area contributed by atoms with E-state index >= 15 is 0 Å². The first-order chi connectivity index (χ1) is 19.2. The molecule has 1 aliphatic carbocycles. The fourth-order valence-electron chi connectivity index (χ4n) is 7.51. The van der Waals surface area contributed by atoms with Crippen LogP contribution in [0.3, 0.4) is 0 Å². The number of nitrogens with zero attached hydrogens (tertiary/aromatic N) is 2. The summed E-state index contributed by atoms with van der Waals surface area (Å²) in [4.78, 5) is 41.3. The molecule has 1 spiro atoms. The maximum atomic E-state index is 13.2. The number of benzene rings is 2. The molecule has 4 aliphatic rings. The molecule has 3 heterocycles. The number of likely N-dealkylation sites (tertiary alicyclic amines) is 1. The molecule has 2 aromatic carbocycles. The van der Waals surface area contributed by atoms with Gasteiger partial charge in [-0.2, -0.15) is 0 Å². The molecule has 2 aromatic rings. The van der Waals surface area contributed by atoms with Crippen LogP contribution in [0.15, 0.2) is 36.4 Å². The van der Waals surface area contributed by atoms with Crippen LogP contribution in [0, 0.1) is 5.41 Å². The molecular formula is C31H36ClN3O5. The first-order valence-corrected chi connectivity index (χ1v) is 14.7. The van der Waals surface area contributed by atoms with Gasteiger partial charge in [-0.3, -0.25) is 24.6 Å². The summed E-state index contributed by atoms with van der Waals surface area (Å²) < 4.78 is 5.31. The van der Waals surface area contributed by atoms with Crippen LogP contribution < -0.4 is 10.1 Å². The number of hydrogen-bond donors (Lipinski definition) is 2. The Morgan fingerprint density at radius 2 is 1.88 bits per heavy atom. The van der Waals surface area contributed by atoms with Gasteiger partial charge in [-0.25, -0.2) is 0 Å². The topological polar surface area (TPSA) is 99.2 Å². The third-order valence-electron chi connectivity index (χ3n) is 9.63. The summed E-state index contributed by atoms with van der Waals surface area (Å²) in [6, 6.07) is 11.0. The third-order valence-corrected chi connectivity index (χ3v) is 9.92. The number of aliphatic hydroxyl groups is 1. The number of rotatable bonds is 5. The van der Waals surface area contributed by atoms with Crippen molar-refractivity contribution in [3.05, 3.63) is 63.7 Å². The highest BCUT2D eigenvalue weighted by Gasteiger charge is 2.55. The van der Waals surface area contributed by atoms with Gasteiger partial charge < -0.3 is 14.7 Å². The van der Waals surface area contributed by atoms with Crippen molar-refractivity contribution < 1.29 is 24.2 Å². The lowest BCUT2D eigenvalue weighted by Crippen LogP contribution is -2.58. The van der Waals surface area contributed by atoms with E-state index in [4.69, 9.17) is 16.3 Å². The Hall–Kier alpha value is -2.94. The molecule has 8 nitrogen and oxygen atoms in total. The fourth-order valence-corrected chi connectivity index (χ4v) is 7.79. The molecule has 0 bridgehead atoms. The summed E-state index contributed by atoms with van der Waals surface area (Å²) in [5.41, 5.74) is 2.08. The predicted octanol–water partition coefficient (Wildman–Crippen LogP) is 4.15. The van der Waals surface area contributed by atoms with Crippen molar-refractivity contribution in [3.8, 4) is 5.75 Å². The van der Waals surface area contributed by atoms with Crippen molar-refractivity contribution in [1.82, 2.24) is 15.1 Å². The highest BCUT2D eigenvalue weighted by molar-refractivity contribution is 6.32. The Kier molecular flexibility index (Phi) is 7.13. The zero-order valence-electron chi connectivity index (χ0n) is 22.9. The largest absolute Gasteiger partial charge is 0.495 e. The average molecular weight is 566 g/mol. The maximum absolute atomic E-state index is 13.2. The van der Waals surface area contributed by atoms with E-state index in [9.17, 15) is 19.5 Å². The lowest BCUT2D eigenvalue weighted by Gasteiger charge is -2.56. The summed E-state index contributed by atoms with van der Waals surface area (Å²) in [7, 11) is 1.61. The van der Waals surface area contributed by atoms with Gasteiger partial charge in [-0.05, 0) is 60.6 Å². The molecule has 2 unspecified atom stereocenters. The normalized spacial score (nSPS) is 26.6. The maximum Gasteiger partial charge on any atom is 0.255 e. The number of carbonyl (C=O) groups is 3. The Bertz CT molecular complexity index is 1360. The van der Waals surface area contributed by atoms with E-state index in [1.165, 1.54) is 6.42 Å². The molecule has 2 atom stereocenters. The van der Waals surface area contributed by atoms with Gasteiger partial charge >= 0.3 is 0 Å². The molecule has 3 fully saturated rings. The van der Waals surface area contributed by atoms with Gasteiger partial charge in [-0.15, -0.1) is 0 Å². The van der Waals surface area contributed by atoms with E-state index in [1.54, 1.807) is 12.0 Å². The average Bonchev–Trinajstić information content (AvgIpc) is 3.27. The first-order valence-electron chi connectivity index (χ1n) is 14.3. The van der Waals surface area contributed by atoms with Crippen LogP contribution in [0.4, 0.5) is 0 Å². The molecule has 6 rings (SSSR count). The second-order valence-corrected chi connectivity index (χ2v) is 12.3. The van der Waals surface area contributed by atoms with Crippen molar-refractivity contribution in [3.63, 3.8) is 0 Å². The van der Waals surface area contributed by atoms with Gasteiger partial charge in [0.05, 0.1) is 17.7 Å². The molecule has 9 heteroatoms. The number of amides is 3. The van der Waals surface area contributed by atoms with Crippen LogP contribution in [-0.2, 0) is 28.3 Å². The Morgan fingerprint density at radius 3 is 2.60 bits per heavy atom. The van der Waals surface area contributed by atoms with E-state index < -0.39 is 17.6 Å². The molecule has 3 amide bonds. The lowest BCUT2D eigenvalue weighted by molar-refractivity contribution is -0.159. The number of imide groups is 1. The molecule has 2 N–H and O–H groups in total. The van der Waals surface area contributed by atoms with Crippen LogP contribution in [0.5, 0.6) is 5.75 Å². The Labute approximate surface area is 239 Å². The number of carbonyl (C=O) groups excluding carboxylic acids is 3. The minimum atomic E-state index is -1.01. The second-order valence-electron chi connectivity index (χ2n) is 11.9. The van der Waals surface area contributed by atoms with Crippen molar-refractivity contribution >= 4 is 29.3 Å². The first kappa shape index (κ1) is 27.2. The van der Waals surface area contributed by atoms with Crippen molar-refractivity contribution in [1.29, 1.82) is 0 Å².